The third-order valence-electron chi connectivity index (χ3n) is 4.00. The molecule has 3 rings (SSSR count). The van der Waals surface area contributed by atoms with Gasteiger partial charge in [0.1, 0.15) is 5.75 Å². The van der Waals surface area contributed by atoms with Crippen LogP contribution in [0.4, 0.5) is 11.6 Å². The predicted octanol–water partition coefficient (Wildman–Crippen LogP) is 3.23. The second-order valence-corrected chi connectivity index (χ2v) is 7.30. The third kappa shape index (κ3) is 6.61. The molecule has 0 aliphatic heterocycles. The lowest BCUT2D eigenvalue weighted by molar-refractivity contribution is -0.113. The van der Waals surface area contributed by atoms with Crippen molar-refractivity contribution in [2.75, 3.05) is 29.4 Å². The van der Waals surface area contributed by atoms with Crippen LogP contribution in [0.3, 0.4) is 0 Å². The van der Waals surface area contributed by atoms with Gasteiger partial charge in [0.25, 0.3) is 5.95 Å². The molecule has 10 heteroatoms. The molecule has 0 atom stereocenters. The first-order valence-corrected chi connectivity index (χ1v) is 10.3. The minimum absolute atomic E-state index is 0.120. The lowest BCUT2D eigenvalue weighted by Crippen LogP contribution is -2.17. The third-order valence-corrected chi connectivity index (χ3v) is 4.94. The summed E-state index contributed by atoms with van der Waals surface area (Å²) in [5, 5.41) is 15.4. The Morgan fingerprint density at radius 1 is 1.23 bits per heavy atom. The Bertz CT molecular complexity index is 1080. The molecular formula is C21H23N7O2S. The summed E-state index contributed by atoms with van der Waals surface area (Å²) in [6.07, 6.45) is 3.83. The summed E-state index contributed by atoms with van der Waals surface area (Å²) in [5.41, 5.74) is 5.24. The largest absolute Gasteiger partial charge is 0.497 e. The molecule has 0 saturated heterocycles. The van der Waals surface area contributed by atoms with Crippen molar-refractivity contribution >= 4 is 41.1 Å². The molecule has 1 aromatic heterocycles. The lowest BCUT2D eigenvalue weighted by Gasteiger charge is -2.07. The molecular weight excluding hydrogens is 414 g/mol. The number of hydrogen-bond acceptors (Lipinski definition) is 8. The summed E-state index contributed by atoms with van der Waals surface area (Å²) >= 11 is 1.17. The average Bonchev–Trinajstić information content (AvgIpc) is 3.15. The van der Waals surface area contributed by atoms with Gasteiger partial charge in [0, 0.05) is 11.8 Å². The molecule has 0 aliphatic carbocycles. The quantitative estimate of drug-likeness (QED) is 0.203. The van der Waals surface area contributed by atoms with Gasteiger partial charge < -0.3 is 15.9 Å². The van der Waals surface area contributed by atoms with Gasteiger partial charge in [0.05, 0.1) is 18.6 Å². The predicted molar refractivity (Wildman–Crippen MR) is 125 cm³/mol. The maximum Gasteiger partial charge on any atom is 0.264 e. The fraction of sp³-hybridized carbons (Fsp3) is 0.143. The fourth-order valence-electron chi connectivity index (χ4n) is 2.44. The van der Waals surface area contributed by atoms with Crippen molar-refractivity contribution in [3.8, 4) is 5.75 Å². The number of aromatic nitrogens is 3. The van der Waals surface area contributed by atoms with Crippen molar-refractivity contribution in [2.24, 2.45) is 5.10 Å². The summed E-state index contributed by atoms with van der Waals surface area (Å²) < 4.78 is 6.40. The van der Waals surface area contributed by atoms with Crippen molar-refractivity contribution < 1.29 is 9.53 Å². The molecule has 1 amide bonds. The number of methoxy groups -OCH3 is 1. The van der Waals surface area contributed by atoms with Gasteiger partial charge in [0.15, 0.2) is 0 Å². The van der Waals surface area contributed by atoms with Crippen LogP contribution in [0.2, 0.25) is 0 Å². The number of benzene rings is 2. The van der Waals surface area contributed by atoms with Crippen LogP contribution in [0.15, 0.2) is 70.9 Å². The zero-order valence-corrected chi connectivity index (χ0v) is 18.0. The molecule has 4 N–H and O–H groups in total. The van der Waals surface area contributed by atoms with E-state index < -0.39 is 0 Å². The Labute approximate surface area is 184 Å². The van der Waals surface area contributed by atoms with Gasteiger partial charge in [-0.3, -0.25) is 4.79 Å². The number of thioether (sulfide) groups is 1. The number of anilines is 2. The summed E-state index contributed by atoms with van der Waals surface area (Å²) in [4.78, 5) is 12.2. The van der Waals surface area contributed by atoms with Gasteiger partial charge in [-0.15, -0.1) is 10.2 Å². The molecule has 0 radical (unpaired) electrons. The number of nitrogens with two attached hydrogens (primary N) is 1. The van der Waals surface area contributed by atoms with Crippen molar-refractivity contribution in [3.63, 3.8) is 0 Å². The van der Waals surface area contributed by atoms with Gasteiger partial charge in [-0.1, -0.05) is 54.2 Å². The van der Waals surface area contributed by atoms with E-state index in [-0.39, 0.29) is 17.6 Å². The minimum Gasteiger partial charge on any atom is -0.497 e. The van der Waals surface area contributed by atoms with Crippen molar-refractivity contribution in [2.45, 2.75) is 12.1 Å². The topological polar surface area (TPSA) is 119 Å². The second kappa shape index (κ2) is 10.8. The number of carbonyl (C=O) groups is 1. The van der Waals surface area contributed by atoms with Gasteiger partial charge in [-0.25, -0.2) is 10.1 Å². The Balaban J connectivity index is 1.52. The van der Waals surface area contributed by atoms with E-state index in [1.165, 1.54) is 16.4 Å². The van der Waals surface area contributed by atoms with E-state index in [9.17, 15) is 4.79 Å². The number of nitrogen functional groups attached to an aromatic ring is 1. The van der Waals surface area contributed by atoms with Gasteiger partial charge in [0.2, 0.25) is 11.1 Å². The molecule has 0 fully saturated rings. The van der Waals surface area contributed by atoms with Gasteiger partial charge in [-0.2, -0.15) is 5.10 Å². The van der Waals surface area contributed by atoms with Crippen LogP contribution in [0.25, 0.3) is 6.08 Å². The van der Waals surface area contributed by atoms with E-state index in [1.54, 1.807) is 31.4 Å². The molecule has 9 nitrogen and oxygen atoms in total. The summed E-state index contributed by atoms with van der Waals surface area (Å²) in [7, 11) is 1.57. The Hall–Kier alpha value is -3.79. The van der Waals surface area contributed by atoms with Crippen molar-refractivity contribution in [3.05, 3.63) is 66.2 Å². The second-order valence-electron chi connectivity index (χ2n) is 6.35. The summed E-state index contributed by atoms with van der Waals surface area (Å²) in [5.74, 6) is 6.86. The van der Waals surface area contributed by atoms with Crippen LogP contribution >= 0.6 is 11.8 Å². The molecule has 160 valence electrons. The van der Waals surface area contributed by atoms with Crippen LogP contribution in [0.1, 0.15) is 12.5 Å². The highest BCUT2D eigenvalue weighted by atomic mass is 32.2. The van der Waals surface area contributed by atoms with Crippen molar-refractivity contribution in [1.82, 2.24) is 14.9 Å². The number of allylic oxidation sites excluding steroid dienone is 1. The monoisotopic (exact) mass is 437 g/mol. The molecule has 0 unspecified atom stereocenters. The number of carbonyl (C=O) groups excluding carboxylic acids is 1. The first-order valence-electron chi connectivity index (χ1n) is 9.36. The standard InChI is InChI=1S/C21H23N7O2S/c1-15(11-12-16-7-4-3-5-8-16)24-25-20-26-27-21(28(20)22)31-14-19(29)23-17-9-6-10-18(13-17)30-2/h3-13H,14,22H2,1-2H3,(H,23,29)(H,25,26)/b12-11+,24-15+. The number of nitrogens with zero attached hydrogens (tertiary/aromatic N) is 4. The molecule has 0 bridgehead atoms. The molecule has 0 spiro atoms. The van der Waals surface area contributed by atoms with Gasteiger partial charge >= 0.3 is 0 Å². The maximum atomic E-state index is 12.2. The molecule has 0 aliphatic rings. The number of ether oxygens (including phenoxy) is 1. The normalized spacial score (nSPS) is 11.5. The van der Waals surface area contributed by atoms with Crippen LogP contribution in [0, 0.1) is 0 Å². The van der Waals surface area contributed by atoms with Crippen molar-refractivity contribution in [1.29, 1.82) is 0 Å². The first-order chi connectivity index (χ1) is 15.0. The Kier molecular flexibility index (Phi) is 7.66. The molecule has 31 heavy (non-hydrogen) atoms. The van der Waals surface area contributed by atoms with E-state index in [1.807, 2.05) is 49.4 Å². The number of hydrazone groups is 1. The lowest BCUT2D eigenvalue weighted by atomic mass is 10.2. The molecule has 0 saturated carbocycles. The van der Waals surface area contributed by atoms with Crippen LogP contribution in [-0.2, 0) is 4.79 Å². The van der Waals surface area contributed by atoms with E-state index in [0.717, 1.165) is 11.3 Å². The summed E-state index contributed by atoms with van der Waals surface area (Å²) in [6, 6.07) is 17.0. The fourth-order valence-corrected chi connectivity index (χ4v) is 3.09. The Morgan fingerprint density at radius 3 is 2.81 bits per heavy atom. The van der Waals surface area contributed by atoms with E-state index >= 15 is 0 Å². The van der Waals surface area contributed by atoms with E-state index in [4.69, 9.17) is 10.6 Å². The van der Waals surface area contributed by atoms with Crippen LogP contribution in [0.5, 0.6) is 5.75 Å². The zero-order chi connectivity index (χ0) is 22.1. The SMILES string of the molecule is COc1cccc(NC(=O)CSc2nnc(N/N=C(C)/C=C/c3ccccc3)n2N)c1. The number of rotatable bonds is 9. The van der Waals surface area contributed by atoms with E-state index in [2.05, 4.69) is 26.0 Å². The molecule has 3 aromatic rings. The smallest absolute Gasteiger partial charge is 0.264 e. The average molecular weight is 438 g/mol. The Morgan fingerprint density at radius 2 is 2.03 bits per heavy atom. The highest BCUT2D eigenvalue weighted by Crippen LogP contribution is 2.19. The minimum atomic E-state index is -0.198. The van der Waals surface area contributed by atoms with E-state index in [0.29, 0.717) is 16.6 Å². The van der Waals surface area contributed by atoms with Crippen LogP contribution < -0.4 is 21.3 Å². The first kappa shape index (κ1) is 21.9. The zero-order valence-electron chi connectivity index (χ0n) is 17.1. The molecule has 1 heterocycles. The highest BCUT2D eigenvalue weighted by Gasteiger charge is 2.12. The van der Waals surface area contributed by atoms with Crippen LogP contribution in [-0.4, -0.2) is 39.4 Å². The number of hydrogen-bond donors (Lipinski definition) is 3. The summed E-state index contributed by atoms with van der Waals surface area (Å²) in [6.45, 7) is 1.85. The maximum absolute atomic E-state index is 12.2. The number of nitrogens with one attached hydrogen (secondary N) is 2. The molecule has 2 aromatic carbocycles. The number of amides is 1. The highest BCUT2D eigenvalue weighted by molar-refractivity contribution is 7.99. The van der Waals surface area contributed by atoms with Gasteiger partial charge in [-0.05, 0) is 30.7 Å².